The van der Waals surface area contributed by atoms with E-state index in [0.29, 0.717) is 6.04 Å². The second-order valence-electron chi connectivity index (χ2n) is 7.70. The number of hydrogen-bond donors (Lipinski definition) is 1. The van der Waals surface area contributed by atoms with Gasteiger partial charge in [0.25, 0.3) is 0 Å². The Bertz CT molecular complexity index is 383. The normalized spacial score (nSPS) is 13.7. The molecule has 0 aliphatic rings. The zero-order valence-corrected chi connectivity index (χ0v) is 15.0. The van der Waals surface area contributed by atoms with Crippen LogP contribution in [0.15, 0.2) is 24.3 Å². The fraction of sp³-hybridized carbons (Fsp3) is 0.700. The van der Waals surface area contributed by atoms with Gasteiger partial charge in [0.15, 0.2) is 0 Å². The quantitative estimate of drug-likeness (QED) is 0.633. The summed E-state index contributed by atoms with van der Waals surface area (Å²) in [6, 6.07) is 9.77. The number of rotatable bonds is 8. The molecule has 0 fully saturated rings. The third-order valence-electron chi connectivity index (χ3n) is 4.09. The zero-order valence-electron chi connectivity index (χ0n) is 15.0. The number of hydrogen-bond acceptors (Lipinski definition) is 1. The van der Waals surface area contributed by atoms with Crippen molar-refractivity contribution in [2.24, 2.45) is 5.92 Å². The van der Waals surface area contributed by atoms with Gasteiger partial charge in [0.1, 0.15) is 0 Å². The molecule has 0 aromatic heterocycles. The Kier molecular flexibility index (Phi) is 7.45. The predicted octanol–water partition coefficient (Wildman–Crippen LogP) is 5.85. The first-order chi connectivity index (χ1) is 9.84. The smallest absolute Gasteiger partial charge is 0.0320 e. The van der Waals surface area contributed by atoms with Gasteiger partial charge in [-0.05, 0) is 41.8 Å². The fourth-order valence-electron chi connectivity index (χ4n) is 2.65. The highest BCUT2D eigenvalue weighted by Crippen LogP contribution is 2.26. The van der Waals surface area contributed by atoms with Crippen molar-refractivity contribution in [3.05, 3.63) is 35.4 Å². The first-order valence-electron chi connectivity index (χ1n) is 8.68. The molecule has 1 heteroatoms. The Balaban J connectivity index is 2.72. The van der Waals surface area contributed by atoms with E-state index in [4.69, 9.17) is 0 Å². The summed E-state index contributed by atoms with van der Waals surface area (Å²) in [5.74, 6) is 0.806. The van der Waals surface area contributed by atoms with Gasteiger partial charge in [-0.1, -0.05) is 78.6 Å². The Hall–Kier alpha value is -0.820. The molecule has 1 aromatic rings. The van der Waals surface area contributed by atoms with Gasteiger partial charge in [-0.25, -0.2) is 0 Å². The first kappa shape index (κ1) is 18.2. The van der Waals surface area contributed by atoms with Crippen LogP contribution in [0.2, 0.25) is 0 Å². The van der Waals surface area contributed by atoms with Crippen molar-refractivity contribution in [1.82, 2.24) is 5.32 Å². The van der Waals surface area contributed by atoms with E-state index in [1.54, 1.807) is 0 Å². The maximum atomic E-state index is 3.72. The van der Waals surface area contributed by atoms with Crippen LogP contribution in [-0.4, -0.2) is 6.54 Å². The molecule has 0 saturated carbocycles. The van der Waals surface area contributed by atoms with Gasteiger partial charge in [-0.3, -0.25) is 0 Å². The summed E-state index contributed by atoms with van der Waals surface area (Å²) in [7, 11) is 0. The van der Waals surface area contributed by atoms with Gasteiger partial charge in [0.05, 0.1) is 0 Å². The van der Waals surface area contributed by atoms with Crippen molar-refractivity contribution >= 4 is 0 Å². The van der Waals surface area contributed by atoms with Gasteiger partial charge >= 0.3 is 0 Å². The highest BCUT2D eigenvalue weighted by molar-refractivity contribution is 5.29. The van der Waals surface area contributed by atoms with E-state index in [-0.39, 0.29) is 5.41 Å². The summed E-state index contributed by atoms with van der Waals surface area (Å²) in [6.07, 6.45) is 5.07. The Morgan fingerprint density at radius 1 is 1.00 bits per heavy atom. The van der Waals surface area contributed by atoms with Crippen LogP contribution in [0.1, 0.15) is 84.4 Å². The average molecular weight is 290 g/mol. The topological polar surface area (TPSA) is 12.0 Å². The molecule has 0 bridgehead atoms. The minimum absolute atomic E-state index is 0.239. The molecule has 1 unspecified atom stereocenters. The van der Waals surface area contributed by atoms with Crippen molar-refractivity contribution in [3.63, 3.8) is 0 Å². The third kappa shape index (κ3) is 6.65. The highest BCUT2D eigenvalue weighted by Gasteiger charge is 2.15. The maximum absolute atomic E-state index is 3.72. The molecule has 21 heavy (non-hydrogen) atoms. The van der Waals surface area contributed by atoms with Crippen molar-refractivity contribution < 1.29 is 0 Å². The standard InChI is InChI=1S/C20H35N/c1-7-15-21-19(10-8-9-16(2)3)17-11-13-18(14-12-17)20(4,5)6/h11-14,16,19,21H,7-10,15H2,1-6H3. The van der Waals surface area contributed by atoms with Gasteiger partial charge < -0.3 is 5.32 Å². The summed E-state index contributed by atoms with van der Waals surface area (Å²) in [6.45, 7) is 14.8. The molecule has 0 radical (unpaired) electrons. The van der Waals surface area contributed by atoms with Crippen molar-refractivity contribution in [3.8, 4) is 0 Å². The Morgan fingerprint density at radius 3 is 2.10 bits per heavy atom. The molecule has 1 aromatic carbocycles. The van der Waals surface area contributed by atoms with Crippen LogP contribution < -0.4 is 5.32 Å². The fourth-order valence-corrected chi connectivity index (χ4v) is 2.65. The van der Waals surface area contributed by atoms with Crippen LogP contribution >= 0.6 is 0 Å². The van der Waals surface area contributed by atoms with Crippen LogP contribution in [0.4, 0.5) is 0 Å². The number of benzene rings is 1. The molecule has 0 amide bonds. The number of nitrogens with one attached hydrogen (secondary N) is 1. The molecule has 1 N–H and O–H groups in total. The van der Waals surface area contributed by atoms with Crippen LogP contribution in [0.25, 0.3) is 0 Å². The minimum atomic E-state index is 0.239. The van der Waals surface area contributed by atoms with E-state index in [2.05, 4.69) is 71.1 Å². The van der Waals surface area contributed by atoms with Gasteiger partial charge in [0.2, 0.25) is 0 Å². The lowest BCUT2D eigenvalue weighted by Crippen LogP contribution is -2.22. The van der Waals surface area contributed by atoms with Crippen LogP contribution in [0.5, 0.6) is 0 Å². The van der Waals surface area contributed by atoms with E-state index in [9.17, 15) is 0 Å². The SMILES string of the molecule is CCCNC(CCCC(C)C)c1ccc(C(C)(C)C)cc1. The molecule has 0 aliphatic carbocycles. The molecule has 1 nitrogen and oxygen atoms in total. The van der Waals surface area contributed by atoms with Crippen molar-refractivity contribution in [1.29, 1.82) is 0 Å². The van der Waals surface area contributed by atoms with Crippen molar-refractivity contribution in [2.75, 3.05) is 6.54 Å². The van der Waals surface area contributed by atoms with E-state index < -0.39 is 0 Å². The average Bonchev–Trinajstić information content (AvgIpc) is 2.41. The zero-order chi connectivity index (χ0) is 15.9. The maximum Gasteiger partial charge on any atom is 0.0320 e. The van der Waals surface area contributed by atoms with Crippen LogP contribution in [0, 0.1) is 5.92 Å². The second-order valence-corrected chi connectivity index (χ2v) is 7.70. The minimum Gasteiger partial charge on any atom is -0.310 e. The molecule has 0 saturated heterocycles. The first-order valence-corrected chi connectivity index (χ1v) is 8.68. The molecule has 1 rings (SSSR count). The van der Waals surface area contributed by atoms with E-state index in [0.717, 1.165) is 12.5 Å². The molecule has 0 aliphatic heterocycles. The molecular weight excluding hydrogens is 254 g/mol. The Morgan fingerprint density at radius 2 is 1.62 bits per heavy atom. The Labute approximate surface area is 132 Å². The molecule has 120 valence electrons. The molecule has 0 spiro atoms. The lowest BCUT2D eigenvalue weighted by Gasteiger charge is -2.23. The van der Waals surface area contributed by atoms with Crippen molar-refractivity contribution in [2.45, 2.75) is 78.7 Å². The summed E-state index contributed by atoms with van der Waals surface area (Å²) in [4.78, 5) is 0. The molecule has 1 atom stereocenters. The summed E-state index contributed by atoms with van der Waals surface area (Å²) in [5.41, 5.74) is 3.10. The van der Waals surface area contributed by atoms with E-state index in [1.807, 2.05) is 0 Å². The van der Waals surface area contributed by atoms with Crippen LogP contribution in [-0.2, 0) is 5.41 Å². The second kappa shape index (κ2) is 8.58. The lowest BCUT2D eigenvalue weighted by molar-refractivity contribution is 0.447. The molecule has 0 heterocycles. The van der Waals surface area contributed by atoms with Crippen LogP contribution in [0.3, 0.4) is 0 Å². The molecular formula is C20H35N. The van der Waals surface area contributed by atoms with Gasteiger partial charge in [-0.2, -0.15) is 0 Å². The largest absolute Gasteiger partial charge is 0.310 e. The van der Waals surface area contributed by atoms with E-state index >= 15 is 0 Å². The lowest BCUT2D eigenvalue weighted by atomic mass is 9.86. The van der Waals surface area contributed by atoms with Gasteiger partial charge in [0, 0.05) is 6.04 Å². The van der Waals surface area contributed by atoms with Gasteiger partial charge in [-0.15, -0.1) is 0 Å². The summed E-state index contributed by atoms with van der Waals surface area (Å²) >= 11 is 0. The highest BCUT2D eigenvalue weighted by atomic mass is 14.9. The van der Waals surface area contributed by atoms with E-state index in [1.165, 1.54) is 36.8 Å². The summed E-state index contributed by atoms with van der Waals surface area (Å²) in [5, 5.41) is 3.72. The summed E-state index contributed by atoms with van der Waals surface area (Å²) < 4.78 is 0. The third-order valence-corrected chi connectivity index (χ3v) is 4.09. The monoisotopic (exact) mass is 289 g/mol. The predicted molar refractivity (Wildman–Crippen MR) is 94.9 cm³/mol.